The average Bonchev–Trinajstić information content (AvgIpc) is 3.44. The van der Waals surface area contributed by atoms with Gasteiger partial charge in [-0.3, -0.25) is 9.59 Å². The molecule has 2 aromatic carbocycles. The number of furan rings is 1. The van der Waals surface area contributed by atoms with Crippen LogP contribution in [-0.4, -0.2) is 28.1 Å². The molecule has 2 aromatic heterocycles. The summed E-state index contributed by atoms with van der Waals surface area (Å²) in [4.78, 5) is 24.1. The lowest BCUT2D eigenvalue weighted by atomic mass is 9.80. The van der Waals surface area contributed by atoms with E-state index in [1.54, 1.807) is 6.07 Å². The Balaban J connectivity index is 1.28. The average molecular weight is 493 g/mol. The first kappa shape index (κ1) is 23.5. The Kier molecular flexibility index (Phi) is 6.82. The molecule has 0 aliphatic heterocycles. The van der Waals surface area contributed by atoms with Gasteiger partial charge in [0.15, 0.2) is 0 Å². The molecular weight excluding hydrogens is 464 g/mol. The Hall–Kier alpha value is -3.25. The van der Waals surface area contributed by atoms with Crippen LogP contribution in [0.3, 0.4) is 0 Å². The van der Waals surface area contributed by atoms with Crippen LogP contribution in [0.1, 0.15) is 54.6 Å². The van der Waals surface area contributed by atoms with Crippen molar-refractivity contribution in [2.45, 2.75) is 45.1 Å². The standard InChI is InChI=1S/C28H29ClN2O4/c29-22-13-21-11-12-31(17-23-14-20-3-1-2-4-25(20)35-23)27(21)24(15-22)28(34)30-16-19-7-5-18(6-8-19)9-10-26(32)33/h1-4,11-15,18-19H,5-10,16-17H2,(H,30,34)(H,32,33). The minimum atomic E-state index is -0.725. The molecular formula is C28H29ClN2O4. The van der Waals surface area contributed by atoms with Gasteiger partial charge in [0.2, 0.25) is 0 Å². The van der Waals surface area contributed by atoms with E-state index >= 15 is 0 Å². The second-order valence-corrected chi connectivity index (χ2v) is 10.1. The second kappa shape index (κ2) is 10.2. The third-order valence-electron chi connectivity index (χ3n) is 7.16. The molecule has 0 bridgehead atoms. The first-order valence-corrected chi connectivity index (χ1v) is 12.6. The smallest absolute Gasteiger partial charge is 0.303 e. The zero-order valence-electron chi connectivity index (χ0n) is 19.5. The fourth-order valence-electron chi connectivity index (χ4n) is 5.28. The van der Waals surface area contributed by atoms with Crippen LogP contribution in [-0.2, 0) is 11.3 Å². The molecule has 0 spiro atoms. The molecule has 182 valence electrons. The highest BCUT2D eigenvalue weighted by molar-refractivity contribution is 6.32. The Morgan fingerprint density at radius 3 is 2.57 bits per heavy atom. The topological polar surface area (TPSA) is 84.5 Å². The molecule has 1 saturated carbocycles. The lowest BCUT2D eigenvalue weighted by molar-refractivity contribution is -0.137. The van der Waals surface area contributed by atoms with Crippen molar-refractivity contribution in [2.75, 3.05) is 6.54 Å². The number of hydrogen-bond donors (Lipinski definition) is 2. The van der Waals surface area contributed by atoms with Crippen molar-refractivity contribution >= 4 is 45.3 Å². The highest BCUT2D eigenvalue weighted by Gasteiger charge is 2.23. The first-order chi connectivity index (χ1) is 17.0. The fourth-order valence-corrected chi connectivity index (χ4v) is 5.51. The maximum Gasteiger partial charge on any atom is 0.303 e. The van der Waals surface area contributed by atoms with E-state index in [0.717, 1.165) is 59.7 Å². The van der Waals surface area contributed by atoms with E-state index in [-0.39, 0.29) is 12.3 Å². The summed E-state index contributed by atoms with van der Waals surface area (Å²) in [7, 11) is 0. The molecule has 1 fully saturated rings. The summed E-state index contributed by atoms with van der Waals surface area (Å²) in [5.74, 6) is 0.862. The van der Waals surface area contributed by atoms with Gasteiger partial charge in [0.25, 0.3) is 5.91 Å². The van der Waals surface area contributed by atoms with Crippen LogP contribution >= 0.6 is 11.6 Å². The Bertz CT molecular complexity index is 1330. The van der Waals surface area contributed by atoms with Crippen LogP contribution < -0.4 is 5.32 Å². The summed E-state index contributed by atoms with van der Waals surface area (Å²) < 4.78 is 8.03. The number of para-hydroxylation sites is 1. The number of amides is 1. The van der Waals surface area contributed by atoms with E-state index in [9.17, 15) is 9.59 Å². The molecule has 1 amide bonds. The Labute approximate surface area is 208 Å². The molecule has 6 nitrogen and oxygen atoms in total. The normalized spacial score (nSPS) is 18.2. The van der Waals surface area contributed by atoms with Crippen molar-refractivity contribution < 1.29 is 19.1 Å². The summed E-state index contributed by atoms with van der Waals surface area (Å²) in [6.45, 7) is 1.13. The molecule has 2 N–H and O–H groups in total. The third kappa shape index (κ3) is 5.38. The number of aromatic nitrogens is 1. The highest BCUT2D eigenvalue weighted by atomic mass is 35.5. The van der Waals surface area contributed by atoms with E-state index in [1.165, 1.54) is 0 Å². The van der Waals surface area contributed by atoms with Gasteiger partial charge in [0.1, 0.15) is 11.3 Å². The number of benzene rings is 2. The zero-order valence-corrected chi connectivity index (χ0v) is 20.3. The zero-order chi connectivity index (χ0) is 24.4. The van der Waals surface area contributed by atoms with E-state index < -0.39 is 5.97 Å². The largest absolute Gasteiger partial charge is 0.481 e. The van der Waals surface area contributed by atoms with Gasteiger partial charge in [-0.15, -0.1) is 0 Å². The van der Waals surface area contributed by atoms with Crippen molar-refractivity contribution in [3.05, 3.63) is 71.1 Å². The molecule has 35 heavy (non-hydrogen) atoms. The maximum atomic E-state index is 13.3. The molecule has 1 aliphatic rings. The number of carbonyl (C=O) groups is 2. The predicted octanol–water partition coefficient (Wildman–Crippen LogP) is 6.49. The van der Waals surface area contributed by atoms with Crippen molar-refractivity contribution in [3.63, 3.8) is 0 Å². The van der Waals surface area contributed by atoms with E-state index in [1.807, 2.05) is 53.2 Å². The van der Waals surface area contributed by atoms with Crippen molar-refractivity contribution in [1.29, 1.82) is 0 Å². The van der Waals surface area contributed by atoms with Crippen LogP contribution in [0.25, 0.3) is 21.9 Å². The molecule has 0 saturated heterocycles. The van der Waals surface area contributed by atoms with Crippen LogP contribution in [0.15, 0.2) is 59.1 Å². The quantitative estimate of drug-likeness (QED) is 0.294. The second-order valence-electron chi connectivity index (χ2n) is 9.61. The number of halogens is 1. The molecule has 5 rings (SSSR count). The molecule has 0 atom stereocenters. The number of nitrogens with zero attached hydrogens (tertiary/aromatic N) is 1. The maximum absolute atomic E-state index is 13.3. The van der Waals surface area contributed by atoms with Crippen LogP contribution in [0.2, 0.25) is 5.02 Å². The van der Waals surface area contributed by atoms with Gasteiger partial charge < -0.3 is 19.4 Å². The first-order valence-electron chi connectivity index (χ1n) is 12.2. The highest BCUT2D eigenvalue weighted by Crippen LogP contribution is 2.32. The van der Waals surface area contributed by atoms with Crippen LogP contribution in [0, 0.1) is 11.8 Å². The molecule has 7 heteroatoms. The Morgan fingerprint density at radius 1 is 1.03 bits per heavy atom. The summed E-state index contributed by atoms with van der Waals surface area (Å²) in [5.41, 5.74) is 2.24. The van der Waals surface area contributed by atoms with E-state index in [0.29, 0.717) is 35.5 Å². The number of carboxylic acid groups (broad SMARTS) is 1. The van der Waals surface area contributed by atoms with Crippen LogP contribution in [0.4, 0.5) is 0 Å². The minimum Gasteiger partial charge on any atom is -0.481 e. The monoisotopic (exact) mass is 492 g/mol. The molecule has 0 radical (unpaired) electrons. The SMILES string of the molecule is O=C(O)CCC1CCC(CNC(=O)c2cc(Cl)cc3ccn(Cc4cc5ccccc5o4)c23)CC1. The number of hydrogen-bond acceptors (Lipinski definition) is 3. The van der Waals surface area contributed by atoms with Gasteiger partial charge in [-0.1, -0.05) is 42.6 Å². The molecule has 2 heterocycles. The number of nitrogens with one attached hydrogen (secondary N) is 1. The fraction of sp³-hybridized carbons (Fsp3) is 0.357. The number of fused-ring (bicyclic) bond motifs is 2. The van der Waals surface area contributed by atoms with E-state index in [4.69, 9.17) is 21.1 Å². The van der Waals surface area contributed by atoms with Gasteiger partial charge in [-0.25, -0.2) is 0 Å². The van der Waals surface area contributed by atoms with Gasteiger partial charge in [-0.05, 0) is 61.4 Å². The number of carboxylic acids is 1. The van der Waals surface area contributed by atoms with E-state index in [2.05, 4.69) is 5.32 Å². The molecule has 1 aliphatic carbocycles. The minimum absolute atomic E-state index is 0.130. The summed E-state index contributed by atoms with van der Waals surface area (Å²) in [6, 6.07) is 15.5. The Morgan fingerprint density at radius 2 is 1.80 bits per heavy atom. The number of carbonyl (C=O) groups excluding carboxylic acids is 1. The van der Waals surface area contributed by atoms with Gasteiger partial charge in [0, 0.05) is 35.0 Å². The third-order valence-corrected chi connectivity index (χ3v) is 7.38. The van der Waals surface area contributed by atoms with Crippen LogP contribution in [0.5, 0.6) is 0 Å². The predicted molar refractivity (Wildman–Crippen MR) is 137 cm³/mol. The van der Waals surface area contributed by atoms with Crippen molar-refractivity contribution in [2.24, 2.45) is 11.8 Å². The van der Waals surface area contributed by atoms with Gasteiger partial charge in [-0.2, -0.15) is 0 Å². The lowest BCUT2D eigenvalue weighted by Gasteiger charge is -2.28. The number of aliphatic carboxylic acids is 1. The van der Waals surface area contributed by atoms with Gasteiger partial charge >= 0.3 is 5.97 Å². The van der Waals surface area contributed by atoms with Gasteiger partial charge in [0.05, 0.1) is 17.6 Å². The summed E-state index contributed by atoms with van der Waals surface area (Å²) in [5, 5.41) is 14.5. The summed E-state index contributed by atoms with van der Waals surface area (Å²) in [6.07, 6.45) is 7.02. The van der Waals surface area contributed by atoms with Crippen molar-refractivity contribution in [3.8, 4) is 0 Å². The molecule has 4 aromatic rings. The lowest BCUT2D eigenvalue weighted by Crippen LogP contribution is -2.31. The summed E-state index contributed by atoms with van der Waals surface area (Å²) >= 11 is 6.36. The molecule has 0 unspecified atom stereocenters. The number of rotatable bonds is 8. The van der Waals surface area contributed by atoms with Crippen molar-refractivity contribution in [1.82, 2.24) is 9.88 Å².